The maximum absolute atomic E-state index is 13.4. The Morgan fingerprint density at radius 3 is 2.68 bits per heavy atom. The fraction of sp³-hybridized carbons (Fsp3) is 0.500. The highest BCUT2D eigenvalue weighted by molar-refractivity contribution is 5.78. The minimum atomic E-state index is -0.979. The van der Waals surface area contributed by atoms with Crippen LogP contribution >= 0.6 is 0 Å². The van der Waals surface area contributed by atoms with E-state index in [1.165, 1.54) is 12.1 Å². The van der Waals surface area contributed by atoms with E-state index in [1.807, 2.05) is 13.8 Å². The molecule has 1 rings (SSSR count). The van der Waals surface area contributed by atoms with Gasteiger partial charge in [-0.25, -0.2) is 8.78 Å². The van der Waals surface area contributed by atoms with E-state index < -0.39 is 11.6 Å². The minimum absolute atomic E-state index is 0.0393. The number of carbonyl (C=O) groups excluding carboxylic acids is 1. The Hall–Kier alpha value is -1.49. The molecule has 0 saturated heterocycles. The lowest BCUT2D eigenvalue weighted by Crippen LogP contribution is -2.35. The van der Waals surface area contributed by atoms with Gasteiger partial charge in [-0.3, -0.25) is 4.79 Å². The van der Waals surface area contributed by atoms with Gasteiger partial charge >= 0.3 is 0 Å². The van der Waals surface area contributed by atoms with Crippen molar-refractivity contribution in [1.82, 2.24) is 5.32 Å². The molecular formula is C14H19F2NO2. The molecule has 0 aromatic heterocycles. The van der Waals surface area contributed by atoms with E-state index in [-0.39, 0.29) is 29.9 Å². The number of halogens is 2. The van der Waals surface area contributed by atoms with Crippen molar-refractivity contribution in [3.05, 3.63) is 35.4 Å². The fourth-order valence-electron chi connectivity index (χ4n) is 1.65. The van der Waals surface area contributed by atoms with Crippen LogP contribution in [0.5, 0.6) is 0 Å². The van der Waals surface area contributed by atoms with E-state index in [4.69, 9.17) is 5.11 Å². The van der Waals surface area contributed by atoms with Crippen molar-refractivity contribution < 1.29 is 18.7 Å². The molecule has 3 nitrogen and oxygen atoms in total. The van der Waals surface area contributed by atoms with Gasteiger partial charge in [0.2, 0.25) is 5.91 Å². The SMILES string of the molecule is CC(C)(CCO)CNC(=O)Cc1cccc(F)c1F. The minimum Gasteiger partial charge on any atom is -0.396 e. The quantitative estimate of drug-likeness (QED) is 0.831. The topological polar surface area (TPSA) is 49.3 Å². The van der Waals surface area contributed by atoms with Gasteiger partial charge < -0.3 is 10.4 Å². The van der Waals surface area contributed by atoms with Crippen LogP contribution in [-0.2, 0) is 11.2 Å². The predicted molar refractivity (Wildman–Crippen MR) is 68.6 cm³/mol. The number of carbonyl (C=O) groups is 1. The van der Waals surface area contributed by atoms with Crippen LogP contribution in [0.1, 0.15) is 25.8 Å². The number of hydrogen-bond acceptors (Lipinski definition) is 2. The van der Waals surface area contributed by atoms with E-state index in [9.17, 15) is 13.6 Å². The summed E-state index contributed by atoms with van der Waals surface area (Å²) in [7, 11) is 0. The third-order valence-electron chi connectivity index (χ3n) is 2.94. The Morgan fingerprint density at radius 2 is 2.05 bits per heavy atom. The largest absolute Gasteiger partial charge is 0.396 e. The predicted octanol–water partition coefficient (Wildman–Crippen LogP) is 2.03. The van der Waals surface area contributed by atoms with Gasteiger partial charge in [-0.15, -0.1) is 0 Å². The molecule has 0 fully saturated rings. The molecule has 1 aromatic rings. The number of benzene rings is 1. The van der Waals surface area contributed by atoms with E-state index in [1.54, 1.807) is 0 Å². The lowest BCUT2D eigenvalue weighted by Gasteiger charge is -2.23. The first-order valence-corrected chi connectivity index (χ1v) is 6.16. The molecule has 1 amide bonds. The number of aliphatic hydroxyl groups excluding tert-OH is 1. The van der Waals surface area contributed by atoms with Crippen molar-refractivity contribution in [2.75, 3.05) is 13.2 Å². The van der Waals surface area contributed by atoms with Gasteiger partial charge in [-0.1, -0.05) is 26.0 Å². The second-order valence-corrected chi connectivity index (χ2v) is 5.30. The van der Waals surface area contributed by atoms with Crippen molar-refractivity contribution >= 4 is 5.91 Å². The normalized spacial score (nSPS) is 11.4. The average molecular weight is 271 g/mol. The summed E-state index contributed by atoms with van der Waals surface area (Å²) in [5.74, 6) is -2.30. The van der Waals surface area contributed by atoms with Crippen LogP contribution in [0.2, 0.25) is 0 Å². The summed E-state index contributed by atoms with van der Waals surface area (Å²) in [5.41, 5.74) is -0.192. The Morgan fingerprint density at radius 1 is 1.37 bits per heavy atom. The lowest BCUT2D eigenvalue weighted by atomic mass is 9.89. The molecule has 0 unspecified atom stereocenters. The molecule has 2 N–H and O–H groups in total. The number of nitrogens with one attached hydrogen (secondary N) is 1. The molecular weight excluding hydrogens is 252 g/mol. The molecule has 0 aliphatic heterocycles. The molecule has 106 valence electrons. The Balaban J connectivity index is 2.54. The van der Waals surface area contributed by atoms with Crippen LogP contribution < -0.4 is 5.32 Å². The van der Waals surface area contributed by atoms with E-state index in [0.29, 0.717) is 13.0 Å². The zero-order valence-corrected chi connectivity index (χ0v) is 11.2. The summed E-state index contributed by atoms with van der Waals surface area (Å²) in [5, 5.41) is 11.5. The van der Waals surface area contributed by atoms with Gasteiger partial charge in [-0.05, 0) is 17.9 Å². The summed E-state index contributed by atoms with van der Waals surface area (Å²) < 4.78 is 26.3. The fourth-order valence-corrected chi connectivity index (χ4v) is 1.65. The standard InChI is InChI=1S/C14H19F2NO2/c1-14(2,6-7-18)9-17-12(19)8-10-4-3-5-11(15)13(10)16/h3-5,18H,6-9H2,1-2H3,(H,17,19). The summed E-state index contributed by atoms with van der Waals surface area (Å²) in [6.45, 7) is 4.24. The Kier molecular flexibility index (Phi) is 5.42. The molecule has 0 saturated carbocycles. The van der Waals surface area contributed by atoms with Crippen LogP contribution in [0.15, 0.2) is 18.2 Å². The maximum Gasteiger partial charge on any atom is 0.224 e. The highest BCUT2D eigenvalue weighted by atomic mass is 19.2. The number of rotatable bonds is 6. The van der Waals surface area contributed by atoms with Crippen molar-refractivity contribution in [2.24, 2.45) is 5.41 Å². The number of aliphatic hydroxyl groups is 1. The Bertz CT molecular complexity index is 447. The van der Waals surface area contributed by atoms with Crippen LogP contribution in [0.25, 0.3) is 0 Å². The molecule has 0 bridgehead atoms. The first-order chi connectivity index (χ1) is 8.85. The molecule has 0 aliphatic carbocycles. The molecule has 1 aromatic carbocycles. The van der Waals surface area contributed by atoms with Gasteiger partial charge in [0.25, 0.3) is 0 Å². The molecule has 0 radical (unpaired) electrons. The maximum atomic E-state index is 13.4. The molecule has 5 heteroatoms. The van der Waals surface area contributed by atoms with Crippen molar-refractivity contribution in [3.8, 4) is 0 Å². The van der Waals surface area contributed by atoms with Crippen LogP contribution in [-0.4, -0.2) is 24.2 Å². The highest BCUT2D eigenvalue weighted by Crippen LogP contribution is 2.18. The Labute approximate surface area is 111 Å². The van der Waals surface area contributed by atoms with Gasteiger partial charge in [0.15, 0.2) is 11.6 Å². The van der Waals surface area contributed by atoms with Gasteiger partial charge in [0.1, 0.15) is 0 Å². The van der Waals surface area contributed by atoms with Gasteiger partial charge in [-0.2, -0.15) is 0 Å². The first kappa shape index (κ1) is 15.6. The number of amides is 1. The average Bonchev–Trinajstić information content (AvgIpc) is 2.33. The first-order valence-electron chi connectivity index (χ1n) is 6.16. The number of hydrogen-bond donors (Lipinski definition) is 2. The summed E-state index contributed by atoms with van der Waals surface area (Å²) in [6, 6.07) is 3.77. The molecule has 0 aliphatic rings. The monoisotopic (exact) mass is 271 g/mol. The van der Waals surface area contributed by atoms with E-state index in [2.05, 4.69) is 5.32 Å². The van der Waals surface area contributed by atoms with Crippen LogP contribution in [0, 0.1) is 17.0 Å². The van der Waals surface area contributed by atoms with E-state index >= 15 is 0 Å². The van der Waals surface area contributed by atoms with Crippen molar-refractivity contribution in [2.45, 2.75) is 26.7 Å². The second kappa shape index (κ2) is 6.61. The summed E-state index contributed by atoms with van der Waals surface area (Å²) in [4.78, 5) is 11.7. The molecule has 0 spiro atoms. The third-order valence-corrected chi connectivity index (χ3v) is 2.94. The summed E-state index contributed by atoms with van der Waals surface area (Å²) >= 11 is 0. The van der Waals surface area contributed by atoms with Crippen molar-refractivity contribution in [3.63, 3.8) is 0 Å². The van der Waals surface area contributed by atoms with E-state index in [0.717, 1.165) is 6.07 Å². The van der Waals surface area contributed by atoms with Crippen molar-refractivity contribution in [1.29, 1.82) is 0 Å². The third kappa shape index (κ3) is 4.95. The summed E-state index contributed by atoms with van der Waals surface area (Å²) in [6.07, 6.45) is 0.362. The molecule has 0 heterocycles. The smallest absolute Gasteiger partial charge is 0.224 e. The lowest BCUT2D eigenvalue weighted by molar-refractivity contribution is -0.121. The van der Waals surface area contributed by atoms with Gasteiger partial charge in [0.05, 0.1) is 6.42 Å². The zero-order chi connectivity index (χ0) is 14.5. The molecule has 0 atom stereocenters. The van der Waals surface area contributed by atoms with Gasteiger partial charge in [0, 0.05) is 18.7 Å². The van der Waals surface area contributed by atoms with Crippen LogP contribution in [0.3, 0.4) is 0 Å². The zero-order valence-electron chi connectivity index (χ0n) is 11.2. The van der Waals surface area contributed by atoms with Crippen LogP contribution in [0.4, 0.5) is 8.78 Å². The second-order valence-electron chi connectivity index (χ2n) is 5.30. The molecule has 19 heavy (non-hydrogen) atoms. The highest BCUT2D eigenvalue weighted by Gasteiger charge is 2.19.